The van der Waals surface area contributed by atoms with Gasteiger partial charge in [0.05, 0.1) is 12.3 Å². The molecule has 0 aromatic carbocycles. The lowest BCUT2D eigenvalue weighted by Crippen LogP contribution is -2.28. The Labute approximate surface area is 96.2 Å². The van der Waals surface area contributed by atoms with Crippen LogP contribution in [0, 0.1) is 0 Å². The molecule has 1 atom stereocenters. The summed E-state index contributed by atoms with van der Waals surface area (Å²) in [5.74, 6) is 0.517. The summed E-state index contributed by atoms with van der Waals surface area (Å²) in [6.07, 6.45) is 3.82. The lowest BCUT2D eigenvalue weighted by molar-refractivity contribution is 0.00586. The second kappa shape index (κ2) is 5.82. The maximum atomic E-state index is 5.71. The highest BCUT2D eigenvalue weighted by atomic mass is 32.1. The minimum Gasteiger partial charge on any atom is -0.470 e. The molecule has 84 valence electrons. The maximum Gasteiger partial charge on any atom is 0.237 e. The van der Waals surface area contributed by atoms with Gasteiger partial charge in [0, 0.05) is 12.8 Å². The minimum atomic E-state index is 0. The van der Waals surface area contributed by atoms with Gasteiger partial charge in [0.1, 0.15) is 6.10 Å². The average Bonchev–Trinajstić information content (AvgIpc) is 2.23. The highest BCUT2D eigenvalue weighted by Gasteiger charge is 2.16. The molecule has 1 aromatic heterocycles. The van der Waals surface area contributed by atoms with Crippen LogP contribution in [0.25, 0.3) is 0 Å². The molecule has 1 fully saturated rings. The summed E-state index contributed by atoms with van der Waals surface area (Å²) >= 11 is 0. The van der Waals surface area contributed by atoms with Crippen LogP contribution in [0.2, 0.25) is 0 Å². The van der Waals surface area contributed by atoms with E-state index in [-0.39, 0.29) is 19.6 Å². The molecule has 1 aliphatic rings. The lowest BCUT2D eigenvalue weighted by Gasteiger charge is -2.23. The molecule has 2 rings (SSSR count). The Balaban J connectivity index is 0.00000112. The number of aromatic nitrogens is 1. The Morgan fingerprint density at radius 1 is 1.53 bits per heavy atom. The molecule has 15 heavy (non-hydrogen) atoms. The van der Waals surface area contributed by atoms with Crippen molar-refractivity contribution in [2.24, 2.45) is 0 Å². The van der Waals surface area contributed by atoms with Crippen molar-refractivity contribution in [2.45, 2.75) is 18.9 Å². The molecule has 0 bridgehead atoms. The first-order chi connectivity index (χ1) is 6.86. The van der Waals surface area contributed by atoms with Gasteiger partial charge in [-0.1, -0.05) is 0 Å². The molecule has 4 nitrogen and oxygen atoms in total. The van der Waals surface area contributed by atoms with Crippen molar-refractivity contribution in [2.75, 3.05) is 18.9 Å². The number of anilines is 1. The normalized spacial score (nSPS) is 20.4. The van der Waals surface area contributed by atoms with Crippen LogP contribution in [0.4, 0.5) is 5.69 Å². The number of hydrogen-bond acceptors (Lipinski definition) is 4. The van der Waals surface area contributed by atoms with Crippen LogP contribution < -0.4 is 10.5 Å². The zero-order chi connectivity index (χ0) is 9.80. The molecule has 1 aliphatic heterocycles. The molecule has 1 saturated heterocycles. The van der Waals surface area contributed by atoms with E-state index in [0.717, 1.165) is 19.4 Å². The van der Waals surface area contributed by atoms with Crippen molar-refractivity contribution in [3.63, 3.8) is 0 Å². The first kappa shape index (κ1) is 12.1. The van der Waals surface area contributed by atoms with E-state index in [1.54, 1.807) is 18.3 Å². The Kier molecular flexibility index (Phi) is 4.71. The van der Waals surface area contributed by atoms with Gasteiger partial charge in [0.25, 0.3) is 0 Å². The number of pyridine rings is 1. The predicted octanol–water partition coefficient (Wildman–Crippen LogP) is 1.33. The van der Waals surface area contributed by atoms with E-state index in [1.807, 2.05) is 0 Å². The second-order valence-corrected chi connectivity index (χ2v) is 3.35. The number of ether oxygens (including phenoxy) is 2. The van der Waals surface area contributed by atoms with Crippen molar-refractivity contribution in [1.29, 1.82) is 0 Å². The zero-order valence-electron chi connectivity index (χ0n) is 8.48. The molecule has 2 heterocycles. The Morgan fingerprint density at radius 2 is 2.40 bits per heavy atom. The Morgan fingerprint density at radius 3 is 3.07 bits per heavy atom. The highest BCUT2D eigenvalue weighted by molar-refractivity contribution is 7.59. The van der Waals surface area contributed by atoms with Gasteiger partial charge in [-0.05, 0) is 25.0 Å². The number of nitrogen functional groups attached to an aromatic ring is 1. The van der Waals surface area contributed by atoms with Crippen LogP contribution >= 0.6 is 13.5 Å². The summed E-state index contributed by atoms with van der Waals surface area (Å²) in [4.78, 5) is 4.07. The van der Waals surface area contributed by atoms with E-state index in [9.17, 15) is 0 Å². The molecule has 5 heteroatoms. The van der Waals surface area contributed by atoms with E-state index in [4.69, 9.17) is 15.2 Å². The average molecular weight is 228 g/mol. The van der Waals surface area contributed by atoms with Crippen molar-refractivity contribution < 1.29 is 9.47 Å². The van der Waals surface area contributed by atoms with E-state index in [2.05, 4.69) is 4.98 Å². The van der Waals surface area contributed by atoms with Gasteiger partial charge in [-0.2, -0.15) is 13.5 Å². The number of hydrogen-bond donors (Lipinski definition) is 1. The highest BCUT2D eigenvalue weighted by Crippen LogP contribution is 2.20. The van der Waals surface area contributed by atoms with E-state index >= 15 is 0 Å². The topological polar surface area (TPSA) is 57.4 Å². The van der Waals surface area contributed by atoms with E-state index in [0.29, 0.717) is 18.2 Å². The quantitative estimate of drug-likeness (QED) is 0.829. The molecule has 0 aliphatic carbocycles. The van der Waals surface area contributed by atoms with E-state index < -0.39 is 0 Å². The summed E-state index contributed by atoms with van der Waals surface area (Å²) in [5.41, 5.74) is 6.29. The fourth-order valence-electron chi connectivity index (χ4n) is 1.46. The standard InChI is InChI=1S/C10H14N2O2.H2S/c11-9-4-1-5-12-10(9)14-8-3-2-6-13-7-8;/h1,4-5,8H,2-3,6-7,11H2;1H2/t8-;/m0./s1. The first-order valence-electron chi connectivity index (χ1n) is 4.81. The minimum absolute atomic E-state index is 0. The zero-order valence-corrected chi connectivity index (χ0v) is 9.48. The van der Waals surface area contributed by atoms with Crippen LogP contribution in [-0.2, 0) is 4.74 Å². The Bertz CT molecular complexity index is 303. The fraction of sp³-hybridized carbons (Fsp3) is 0.500. The fourth-order valence-corrected chi connectivity index (χ4v) is 1.46. The van der Waals surface area contributed by atoms with E-state index in [1.165, 1.54) is 0 Å². The third-order valence-electron chi connectivity index (χ3n) is 2.20. The van der Waals surface area contributed by atoms with Gasteiger partial charge in [0.2, 0.25) is 5.88 Å². The van der Waals surface area contributed by atoms with Crippen LogP contribution in [0.15, 0.2) is 18.3 Å². The summed E-state index contributed by atoms with van der Waals surface area (Å²) in [5, 5.41) is 0. The number of nitrogens with two attached hydrogens (primary N) is 1. The van der Waals surface area contributed by atoms with Crippen LogP contribution in [0.3, 0.4) is 0 Å². The smallest absolute Gasteiger partial charge is 0.237 e. The predicted molar refractivity (Wildman–Crippen MR) is 63.5 cm³/mol. The van der Waals surface area contributed by atoms with Crippen molar-refractivity contribution in [3.8, 4) is 5.88 Å². The molecule has 0 radical (unpaired) electrons. The molecule has 0 amide bonds. The summed E-state index contributed by atoms with van der Waals surface area (Å²) in [6.45, 7) is 1.47. The molecular formula is C10H16N2O2S. The molecule has 0 saturated carbocycles. The van der Waals surface area contributed by atoms with Gasteiger partial charge >= 0.3 is 0 Å². The monoisotopic (exact) mass is 228 g/mol. The Hall–Kier alpha value is -0.940. The third kappa shape index (κ3) is 3.28. The number of rotatable bonds is 2. The van der Waals surface area contributed by atoms with Crippen LogP contribution in [-0.4, -0.2) is 24.3 Å². The molecule has 0 spiro atoms. The van der Waals surface area contributed by atoms with Crippen molar-refractivity contribution in [3.05, 3.63) is 18.3 Å². The molecular weight excluding hydrogens is 212 g/mol. The first-order valence-corrected chi connectivity index (χ1v) is 4.81. The van der Waals surface area contributed by atoms with Gasteiger partial charge in [-0.3, -0.25) is 0 Å². The van der Waals surface area contributed by atoms with Gasteiger partial charge in [-0.15, -0.1) is 0 Å². The van der Waals surface area contributed by atoms with Crippen LogP contribution in [0.5, 0.6) is 5.88 Å². The summed E-state index contributed by atoms with van der Waals surface area (Å²) in [7, 11) is 0. The molecule has 0 unspecified atom stereocenters. The summed E-state index contributed by atoms with van der Waals surface area (Å²) < 4.78 is 10.9. The van der Waals surface area contributed by atoms with Gasteiger partial charge < -0.3 is 15.2 Å². The maximum absolute atomic E-state index is 5.71. The summed E-state index contributed by atoms with van der Waals surface area (Å²) in [6, 6.07) is 3.57. The van der Waals surface area contributed by atoms with Crippen molar-refractivity contribution in [1.82, 2.24) is 4.98 Å². The van der Waals surface area contributed by atoms with Crippen molar-refractivity contribution >= 4 is 19.2 Å². The largest absolute Gasteiger partial charge is 0.470 e. The second-order valence-electron chi connectivity index (χ2n) is 3.35. The number of nitrogens with zero attached hydrogens (tertiary/aromatic N) is 1. The lowest BCUT2D eigenvalue weighted by atomic mass is 10.2. The van der Waals surface area contributed by atoms with Crippen LogP contribution in [0.1, 0.15) is 12.8 Å². The molecule has 1 aromatic rings. The molecule has 2 N–H and O–H groups in total. The van der Waals surface area contributed by atoms with Gasteiger partial charge in [-0.25, -0.2) is 4.98 Å². The SMILES string of the molecule is Nc1cccnc1O[C@H]1CCCOC1.S. The third-order valence-corrected chi connectivity index (χ3v) is 2.20. The van der Waals surface area contributed by atoms with Gasteiger partial charge in [0.15, 0.2) is 0 Å².